The number of nitrogens with zero attached hydrogens (tertiary/aromatic N) is 4. The Labute approximate surface area is 184 Å². The Bertz CT molecular complexity index is 1170. The lowest BCUT2D eigenvalue weighted by molar-refractivity contribution is -0.118. The number of nitrogens with one attached hydrogen (secondary N) is 2. The largest absolute Gasteiger partial charge is 0.497 e. The fraction of sp³-hybridized carbons (Fsp3) is 0.130. The van der Waals surface area contributed by atoms with Crippen LogP contribution in [0.25, 0.3) is 0 Å². The van der Waals surface area contributed by atoms with Crippen LogP contribution in [-0.2, 0) is 16.1 Å². The van der Waals surface area contributed by atoms with E-state index >= 15 is 0 Å². The molecule has 0 bridgehead atoms. The summed E-state index contributed by atoms with van der Waals surface area (Å²) in [4.78, 5) is 25.4. The molecule has 2 N–H and O–H groups in total. The Morgan fingerprint density at radius 2 is 1.75 bits per heavy atom. The summed E-state index contributed by atoms with van der Waals surface area (Å²) in [6.45, 7) is 0.00314. The number of benzene rings is 2. The van der Waals surface area contributed by atoms with Gasteiger partial charge in [-0.3, -0.25) is 19.0 Å². The minimum Gasteiger partial charge on any atom is -0.497 e. The van der Waals surface area contributed by atoms with E-state index in [1.807, 2.05) is 30.3 Å². The Kier molecular flexibility index (Phi) is 6.26. The van der Waals surface area contributed by atoms with Gasteiger partial charge in [-0.05, 0) is 35.9 Å². The molecule has 4 rings (SSSR count). The standard InChI is InChI=1S/C23H22N6O3/c1-32-20-10-8-18(9-11-20)26-21(30)16-28-15-19(14-25-28)27-23(31)22(29-13-5-12-24-29)17-6-3-2-4-7-17/h2-15,22H,16H2,1H3,(H,26,30)(H,27,31). The first-order valence-electron chi connectivity index (χ1n) is 9.93. The third-order valence-corrected chi connectivity index (χ3v) is 4.73. The number of methoxy groups -OCH3 is 1. The second-order valence-electron chi connectivity index (χ2n) is 6.99. The Morgan fingerprint density at radius 3 is 2.44 bits per heavy atom. The van der Waals surface area contributed by atoms with Crippen molar-refractivity contribution in [3.05, 3.63) is 91.0 Å². The van der Waals surface area contributed by atoms with Crippen molar-refractivity contribution < 1.29 is 14.3 Å². The first-order chi connectivity index (χ1) is 15.6. The van der Waals surface area contributed by atoms with Crippen LogP contribution < -0.4 is 15.4 Å². The predicted molar refractivity (Wildman–Crippen MR) is 119 cm³/mol. The molecule has 0 aliphatic carbocycles. The second kappa shape index (κ2) is 9.61. The van der Waals surface area contributed by atoms with Crippen LogP contribution >= 0.6 is 0 Å². The molecule has 0 spiro atoms. The van der Waals surface area contributed by atoms with E-state index in [0.29, 0.717) is 17.1 Å². The van der Waals surface area contributed by atoms with E-state index in [1.54, 1.807) is 60.7 Å². The summed E-state index contributed by atoms with van der Waals surface area (Å²) in [6.07, 6.45) is 6.48. The van der Waals surface area contributed by atoms with E-state index < -0.39 is 6.04 Å². The van der Waals surface area contributed by atoms with Crippen molar-refractivity contribution >= 4 is 23.2 Å². The van der Waals surface area contributed by atoms with Crippen molar-refractivity contribution in [3.8, 4) is 5.75 Å². The van der Waals surface area contributed by atoms with Gasteiger partial charge in [0, 0.05) is 24.3 Å². The molecule has 0 fully saturated rings. The third-order valence-electron chi connectivity index (χ3n) is 4.73. The van der Waals surface area contributed by atoms with E-state index in [2.05, 4.69) is 20.8 Å². The molecule has 1 unspecified atom stereocenters. The highest BCUT2D eigenvalue weighted by molar-refractivity contribution is 5.95. The average molecular weight is 430 g/mol. The van der Waals surface area contributed by atoms with Gasteiger partial charge in [0.25, 0.3) is 5.91 Å². The molecule has 2 amide bonds. The summed E-state index contributed by atoms with van der Waals surface area (Å²) in [5, 5.41) is 14.0. The quantitative estimate of drug-likeness (QED) is 0.447. The number of anilines is 2. The molecule has 1 atom stereocenters. The molecule has 0 saturated heterocycles. The van der Waals surface area contributed by atoms with Crippen LogP contribution in [0.5, 0.6) is 5.75 Å². The summed E-state index contributed by atoms with van der Waals surface area (Å²) in [6, 6.07) is 17.6. The molecule has 2 aromatic carbocycles. The Balaban J connectivity index is 1.40. The van der Waals surface area contributed by atoms with Gasteiger partial charge in [0.2, 0.25) is 5.91 Å². The summed E-state index contributed by atoms with van der Waals surface area (Å²) >= 11 is 0. The number of rotatable bonds is 8. The highest BCUT2D eigenvalue weighted by Crippen LogP contribution is 2.20. The summed E-state index contributed by atoms with van der Waals surface area (Å²) < 4.78 is 8.16. The normalized spacial score (nSPS) is 11.5. The van der Waals surface area contributed by atoms with Gasteiger partial charge in [0.15, 0.2) is 6.04 Å². The number of amides is 2. The van der Waals surface area contributed by atoms with Crippen LogP contribution in [0.15, 0.2) is 85.5 Å². The number of hydrogen-bond donors (Lipinski definition) is 2. The number of carbonyl (C=O) groups excluding carboxylic acids is 2. The van der Waals surface area contributed by atoms with E-state index in [1.165, 1.54) is 10.9 Å². The second-order valence-corrected chi connectivity index (χ2v) is 6.99. The Morgan fingerprint density at radius 1 is 0.969 bits per heavy atom. The van der Waals surface area contributed by atoms with Crippen molar-refractivity contribution in [2.45, 2.75) is 12.6 Å². The van der Waals surface area contributed by atoms with E-state index in [4.69, 9.17) is 4.74 Å². The monoisotopic (exact) mass is 430 g/mol. The van der Waals surface area contributed by atoms with Crippen molar-refractivity contribution in [2.75, 3.05) is 17.7 Å². The molecule has 0 aliphatic rings. The smallest absolute Gasteiger partial charge is 0.253 e. The predicted octanol–water partition coefficient (Wildman–Crippen LogP) is 2.96. The molecule has 2 aromatic heterocycles. The number of hydrogen-bond acceptors (Lipinski definition) is 5. The molecule has 0 saturated carbocycles. The molecule has 9 heteroatoms. The van der Waals surface area contributed by atoms with Gasteiger partial charge >= 0.3 is 0 Å². The van der Waals surface area contributed by atoms with Crippen LogP contribution in [-0.4, -0.2) is 38.5 Å². The first kappa shape index (κ1) is 20.9. The van der Waals surface area contributed by atoms with Gasteiger partial charge in [-0.1, -0.05) is 30.3 Å². The molecule has 162 valence electrons. The van der Waals surface area contributed by atoms with E-state index in [0.717, 1.165) is 5.56 Å². The van der Waals surface area contributed by atoms with E-state index in [-0.39, 0.29) is 18.4 Å². The van der Waals surface area contributed by atoms with Crippen LogP contribution in [0.1, 0.15) is 11.6 Å². The molecule has 32 heavy (non-hydrogen) atoms. The first-order valence-corrected chi connectivity index (χ1v) is 9.93. The fourth-order valence-electron chi connectivity index (χ4n) is 3.24. The highest BCUT2D eigenvalue weighted by atomic mass is 16.5. The average Bonchev–Trinajstić information content (AvgIpc) is 3.48. The van der Waals surface area contributed by atoms with Gasteiger partial charge in [-0.2, -0.15) is 10.2 Å². The van der Waals surface area contributed by atoms with Crippen molar-refractivity contribution in [1.29, 1.82) is 0 Å². The number of ether oxygens (including phenoxy) is 1. The summed E-state index contributed by atoms with van der Waals surface area (Å²) in [5.74, 6) is 0.205. The van der Waals surface area contributed by atoms with Crippen LogP contribution in [0.4, 0.5) is 11.4 Å². The van der Waals surface area contributed by atoms with Crippen LogP contribution in [0.3, 0.4) is 0 Å². The zero-order valence-electron chi connectivity index (χ0n) is 17.4. The molecule has 0 radical (unpaired) electrons. The van der Waals surface area contributed by atoms with Gasteiger partial charge in [-0.25, -0.2) is 0 Å². The van der Waals surface area contributed by atoms with E-state index in [9.17, 15) is 9.59 Å². The van der Waals surface area contributed by atoms with Crippen molar-refractivity contribution in [1.82, 2.24) is 19.6 Å². The number of carbonyl (C=O) groups is 2. The molecule has 2 heterocycles. The summed E-state index contributed by atoms with van der Waals surface area (Å²) in [5.41, 5.74) is 1.95. The zero-order valence-corrected chi connectivity index (χ0v) is 17.4. The summed E-state index contributed by atoms with van der Waals surface area (Å²) in [7, 11) is 1.58. The minimum absolute atomic E-state index is 0.00314. The lowest BCUT2D eigenvalue weighted by Crippen LogP contribution is -2.27. The van der Waals surface area contributed by atoms with Crippen molar-refractivity contribution in [2.24, 2.45) is 0 Å². The molecule has 9 nitrogen and oxygen atoms in total. The molecule has 4 aromatic rings. The van der Waals surface area contributed by atoms with Gasteiger partial charge in [0.1, 0.15) is 12.3 Å². The lowest BCUT2D eigenvalue weighted by Gasteiger charge is -2.17. The fourth-order valence-corrected chi connectivity index (χ4v) is 3.24. The number of aromatic nitrogens is 4. The topological polar surface area (TPSA) is 103 Å². The minimum atomic E-state index is -0.632. The van der Waals surface area contributed by atoms with Crippen molar-refractivity contribution in [3.63, 3.8) is 0 Å². The van der Waals surface area contributed by atoms with Crippen LogP contribution in [0.2, 0.25) is 0 Å². The van der Waals surface area contributed by atoms with Crippen LogP contribution in [0, 0.1) is 0 Å². The maximum Gasteiger partial charge on any atom is 0.253 e. The maximum atomic E-state index is 13.0. The third kappa shape index (κ3) is 5.01. The van der Waals surface area contributed by atoms with Gasteiger partial charge in [0.05, 0.1) is 19.0 Å². The molecular formula is C23H22N6O3. The molecule has 0 aliphatic heterocycles. The maximum absolute atomic E-state index is 13.0. The molecular weight excluding hydrogens is 408 g/mol. The lowest BCUT2D eigenvalue weighted by atomic mass is 10.1. The SMILES string of the molecule is COc1ccc(NC(=O)Cn2cc(NC(=O)C(c3ccccc3)n3cccn3)cn2)cc1. The Hall–Kier alpha value is -4.40. The van der Waals surface area contributed by atoms with Gasteiger partial charge < -0.3 is 15.4 Å². The zero-order chi connectivity index (χ0) is 22.3. The van der Waals surface area contributed by atoms with Gasteiger partial charge in [-0.15, -0.1) is 0 Å². The highest BCUT2D eigenvalue weighted by Gasteiger charge is 2.23.